The number of rotatable bonds is 7. The molecule has 0 spiro atoms. The Balaban J connectivity index is 1.76. The van der Waals surface area contributed by atoms with E-state index in [9.17, 15) is 9.59 Å². The number of aromatic nitrogens is 3. The second-order valence-corrected chi connectivity index (χ2v) is 7.60. The molecular formula is C24H22ClN5O2. The van der Waals surface area contributed by atoms with Crippen LogP contribution in [0.4, 0.5) is 0 Å². The van der Waals surface area contributed by atoms with Crippen LogP contribution in [0.15, 0.2) is 66.9 Å². The second-order valence-electron chi connectivity index (χ2n) is 7.19. The summed E-state index contributed by atoms with van der Waals surface area (Å²) in [5.74, 6) is -0.609. The number of pyridine rings is 1. The van der Waals surface area contributed by atoms with Crippen molar-refractivity contribution in [2.45, 2.75) is 13.5 Å². The van der Waals surface area contributed by atoms with Crippen molar-refractivity contribution < 1.29 is 9.59 Å². The van der Waals surface area contributed by atoms with Gasteiger partial charge in [0.15, 0.2) is 5.65 Å². The summed E-state index contributed by atoms with van der Waals surface area (Å²) in [4.78, 5) is 29.6. The van der Waals surface area contributed by atoms with Crippen LogP contribution in [0, 0.1) is 0 Å². The molecule has 0 aliphatic carbocycles. The topological polar surface area (TPSA) is 88.9 Å². The average molecular weight is 448 g/mol. The Bertz CT molecular complexity index is 1270. The van der Waals surface area contributed by atoms with Gasteiger partial charge in [-0.15, -0.1) is 0 Å². The summed E-state index contributed by atoms with van der Waals surface area (Å²) in [5, 5.41) is 11.1. The van der Waals surface area contributed by atoms with Crippen molar-refractivity contribution in [2.24, 2.45) is 0 Å². The van der Waals surface area contributed by atoms with Crippen molar-refractivity contribution in [1.82, 2.24) is 25.4 Å². The molecule has 2 heterocycles. The number of carbonyl (C=O) groups is 2. The summed E-state index contributed by atoms with van der Waals surface area (Å²) in [6, 6.07) is 18.9. The molecule has 7 nitrogen and oxygen atoms in total. The monoisotopic (exact) mass is 447 g/mol. The van der Waals surface area contributed by atoms with E-state index in [1.165, 1.54) is 0 Å². The third-order valence-corrected chi connectivity index (χ3v) is 5.35. The Kier molecular flexibility index (Phi) is 6.47. The van der Waals surface area contributed by atoms with Crippen LogP contribution in [0.25, 0.3) is 22.3 Å². The number of nitrogens with zero attached hydrogens (tertiary/aromatic N) is 3. The van der Waals surface area contributed by atoms with Gasteiger partial charge in [0.25, 0.3) is 5.91 Å². The first-order valence-electron chi connectivity index (χ1n) is 10.3. The molecule has 2 N–H and O–H groups in total. The van der Waals surface area contributed by atoms with Gasteiger partial charge in [-0.3, -0.25) is 9.59 Å². The molecule has 0 fully saturated rings. The predicted octanol–water partition coefficient (Wildman–Crippen LogP) is 3.67. The van der Waals surface area contributed by atoms with Crippen LogP contribution in [0.3, 0.4) is 0 Å². The molecule has 0 bridgehead atoms. The van der Waals surface area contributed by atoms with E-state index in [4.69, 9.17) is 16.6 Å². The lowest BCUT2D eigenvalue weighted by molar-refractivity contribution is -0.120. The zero-order chi connectivity index (χ0) is 22.5. The summed E-state index contributed by atoms with van der Waals surface area (Å²) in [5.41, 5.74) is 3.38. The lowest BCUT2D eigenvalue weighted by atomic mass is 10.1. The van der Waals surface area contributed by atoms with E-state index >= 15 is 0 Å². The number of likely N-dealkylation sites (N-methyl/N-ethyl adjacent to an activating group) is 1. The Hall–Kier alpha value is -3.71. The zero-order valence-corrected chi connectivity index (χ0v) is 18.3. The minimum Gasteiger partial charge on any atom is -0.355 e. The first kappa shape index (κ1) is 21.5. The molecule has 0 atom stereocenters. The first-order valence-corrected chi connectivity index (χ1v) is 10.6. The van der Waals surface area contributed by atoms with Gasteiger partial charge in [0, 0.05) is 17.1 Å². The third kappa shape index (κ3) is 4.63. The van der Waals surface area contributed by atoms with Crippen LogP contribution in [-0.4, -0.2) is 39.7 Å². The van der Waals surface area contributed by atoms with E-state index in [0.717, 1.165) is 11.1 Å². The van der Waals surface area contributed by atoms with Crippen LogP contribution in [0.2, 0.25) is 5.02 Å². The molecule has 2 aromatic heterocycles. The standard InChI is InChI=1S/C24H22ClN5O2/c1-2-26-22(31)14-27-24(32)18-12-21(16-8-4-3-5-9-16)29-23-19(18)13-28-30(23)15-17-10-6-7-11-20(17)25/h3-13H,2,14-15H2,1H3,(H,26,31)(H,27,32). The summed E-state index contributed by atoms with van der Waals surface area (Å²) in [7, 11) is 0. The maximum atomic E-state index is 13.0. The molecule has 0 saturated carbocycles. The van der Waals surface area contributed by atoms with Crippen molar-refractivity contribution in [3.8, 4) is 11.3 Å². The Morgan fingerprint density at radius 3 is 2.53 bits per heavy atom. The van der Waals surface area contributed by atoms with Gasteiger partial charge < -0.3 is 10.6 Å². The van der Waals surface area contributed by atoms with E-state index in [2.05, 4.69) is 15.7 Å². The van der Waals surface area contributed by atoms with Crippen molar-refractivity contribution in [3.63, 3.8) is 0 Å². The van der Waals surface area contributed by atoms with Crippen LogP contribution in [-0.2, 0) is 11.3 Å². The van der Waals surface area contributed by atoms with E-state index in [-0.39, 0.29) is 18.4 Å². The molecule has 4 aromatic rings. The molecule has 4 rings (SSSR count). The van der Waals surface area contributed by atoms with E-state index in [1.54, 1.807) is 16.9 Å². The maximum absolute atomic E-state index is 13.0. The van der Waals surface area contributed by atoms with Gasteiger partial charge in [-0.25, -0.2) is 9.67 Å². The highest BCUT2D eigenvalue weighted by Crippen LogP contribution is 2.26. The Labute approximate surface area is 190 Å². The fourth-order valence-corrected chi connectivity index (χ4v) is 3.61. The molecule has 0 aliphatic rings. The van der Waals surface area contributed by atoms with Crippen LogP contribution in [0.5, 0.6) is 0 Å². The van der Waals surface area contributed by atoms with Gasteiger partial charge in [0.2, 0.25) is 5.91 Å². The molecule has 32 heavy (non-hydrogen) atoms. The smallest absolute Gasteiger partial charge is 0.252 e. The van der Waals surface area contributed by atoms with Gasteiger partial charge in [0.05, 0.1) is 35.9 Å². The van der Waals surface area contributed by atoms with Crippen molar-refractivity contribution >= 4 is 34.4 Å². The van der Waals surface area contributed by atoms with Gasteiger partial charge in [0.1, 0.15) is 0 Å². The van der Waals surface area contributed by atoms with E-state index in [1.807, 2.05) is 61.5 Å². The number of benzene rings is 2. The quantitative estimate of drug-likeness (QED) is 0.452. The van der Waals surface area contributed by atoms with Crippen LogP contribution >= 0.6 is 11.6 Å². The first-order chi connectivity index (χ1) is 15.6. The summed E-state index contributed by atoms with van der Waals surface area (Å²) >= 11 is 6.33. The number of hydrogen-bond acceptors (Lipinski definition) is 4. The number of halogens is 1. The second kappa shape index (κ2) is 9.62. The Morgan fingerprint density at radius 2 is 1.78 bits per heavy atom. The van der Waals surface area contributed by atoms with Crippen LogP contribution < -0.4 is 10.6 Å². The van der Waals surface area contributed by atoms with Crippen molar-refractivity contribution in [1.29, 1.82) is 0 Å². The zero-order valence-electron chi connectivity index (χ0n) is 17.5. The average Bonchev–Trinajstić information content (AvgIpc) is 3.22. The number of carbonyl (C=O) groups excluding carboxylic acids is 2. The minimum absolute atomic E-state index is 0.106. The molecule has 2 aromatic carbocycles. The maximum Gasteiger partial charge on any atom is 0.252 e. The van der Waals surface area contributed by atoms with E-state index < -0.39 is 0 Å². The lowest BCUT2D eigenvalue weighted by Crippen LogP contribution is -2.36. The normalized spacial score (nSPS) is 10.8. The van der Waals surface area contributed by atoms with Crippen LogP contribution in [0.1, 0.15) is 22.8 Å². The largest absolute Gasteiger partial charge is 0.355 e. The van der Waals surface area contributed by atoms with Crippen molar-refractivity contribution in [2.75, 3.05) is 13.1 Å². The molecule has 8 heteroatoms. The summed E-state index contributed by atoms with van der Waals surface area (Å²) in [6.07, 6.45) is 1.62. The summed E-state index contributed by atoms with van der Waals surface area (Å²) in [6.45, 7) is 2.63. The molecule has 2 amide bonds. The fraction of sp³-hybridized carbons (Fsp3) is 0.167. The highest BCUT2D eigenvalue weighted by Gasteiger charge is 2.18. The molecule has 0 radical (unpaired) electrons. The molecule has 0 saturated heterocycles. The highest BCUT2D eigenvalue weighted by atomic mass is 35.5. The van der Waals surface area contributed by atoms with E-state index in [0.29, 0.717) is 40.4 Å². The number of hydrogen-bond donors (Lipinski definition) is 2. The predicted molar refractivity (Wildman–Crippen MR) is 125 cm³/mol. The molecule has 162 valence electrons. The third-order valence-electron chi connectivity index (χ3n) is 4.98. The highest BCUT2D eigenvalue weighted by molar-refractivity contribution is 6.31. The van der Waals surface area contributed by atoms with Crippen molar-refractivity contribution in [3.05, 3.63) is 83.0 Å². The van der Waals surface area contributed by atoms with Gasteiger partial charge >= 0.3 is 0 Å². The number of nitrogens with one attached hydrogen (secondary N) is 2. The minimum atomic E-state index is -0.363. The number of amides is 2. The molecule has 0 aliphatic heterocycles. The Morgan fingerprint density at radius 1 is 1.03 bits per heavy atom. The van der Waals surface area contributed by atoms with Gasteiger partial charge in [-0.2, -0.15) is 5.10 Å². The lowest BCUT2D eigenvalue weighted by Gasteiger charge is -2.10. The summed E-state index contributed by atoms with van der Waals surface area (Å²) < 4.78 is 1.73. The molecule has 0 unspecified atom stereocenters. The van der Waals surface area contributed by atoms with Gasteiger partial charge in [-0.05, 0) is 24.6 Å². The number of fused-ring (bicyclic) bond motifs is 1. The fourth-order valence-electron chi connectivity index (χ4n) is 3.41. The molecular weight excluding hydrogens is 426 g/mol. The van der Waals surface area contributed by atoms with Gasteiger partial charge in [-0.1, -0.05) is 60.1 Å². The SMILES string of the molecule is CCNC(=O)CNC(=O)c1cc(-c2ccccc2)nc2c1cnn2Cc1ccccc1Cl.